The van der Waals surface area contributed by atoms with Gasteiger partial charge in [0.15, 0.2) is 0 Å². The molecule has 7 nitrogen and oxygen atoms in total. The number of pyridine rings is 1. The van der Waals surface area contributed by atoms with E-state index in [2.05, 4.69) is 26.4 Å². The van der Waals surface area contributed by atoms with E-state index in [4.69, 9.17) is 4.74 Å². The fourth-order valence-corrected chi connectivity index (χ4v) is 3.48. The van der Waals surface area contributed by atoms with Gasteiger partial charge in [0.05, 0.1) is 19.4 Å². The summed E-state index contributed by atoms with van der Waals surface area (Å²) in [5, 5.41) is 7.17. The summed E-state index contributed by atoms with van der Waals surface area (Å²) in [7, 11) is 1.88. The molecule has 1 aliphatic rings. The maximum Gasteiger partial charge on any atom is 0.248 e. The van der Waals surface area contributed by atoms with Gasteiger partial charge in [0.25, 0.3) is 0 Å². The lowest BCUT2D eigenvalue weighted by atomic mass is 10.0. The van der Waals surface area contributed by atoms with E-state index in [1.807, 2.05) is 37.5 Å². The molecule has 7 heteroatoms. The number of aryl methyl sites for hydroxylation is 1. The first-order chi connectivity index (χ1) is 14.7. The third-order valence-electron chi connectivity index (χ3n) is 4.99. The molecule has 1 amide bonds. The van der Waals surface area contributed by atoms with Gasteiger partial charge in [-0.3, -0.25) is 19.4 Å². The predicted molar refractivity (Wildman–Crippen MR) is 117 cm³/mol. The monoisotopic (exact) mass is 403 g/mol. The van der Waals surface area contributed by atoms with Crippen LogP contribution in [-0.2, 0) is 23.1 Å². The van der Waals surface area contributed by atoms with Crippen LogP contribution >= 0.6 is 0 Å². The Morgan fingerprint density at radius 1 is 1.23 bits per heavy atom. The molecule has 154 valence electrons. The zero-order valence-corrected chi connectivity index (χ0v) is 17.0. The number of anilines is 1. The fourth-order valence-electron chi connectivity index (χ4n) is 3.48. The third kappa shape index (κ3) is 5.20. The Morgan fingerprint density at radius 3 is 2.90 bits per heavy atom. The number of carbonyl (C=O) groups is 1. The molecule has 1 fully saturated rings. The Bertz CT molecular complexity index is 1040. The average molecular weight is 403 g/mol. The second kappa shape index (κ2) is 9.47. The normalized spacial score (nSPS) is 14.8. The van der Waals surface area contributed by atoms with Crippen molar-refractivity contribution in [3.05, 3.63) is 72.3 Å². The predicted octanol–water partition coefficient (Wildman–Crippen LogP) is 2.97. The van der Waals surface area contributed by atoms with Crippen molar-refractivity contribution in [1.82, 2.24) is 19.7 Å². The first-order valence-corrected chi connectivity index (χ1v) is 9.98. The number of aromatic nitrogens is 3. The minimum Gasteiger partial charge on any atom is -0.379 e. The second-order valence-electron chi connectivity index (χ2n) is 7.28. The van der Waals surface area contributed by atoms with Crippen LogP contribution in [0.15, 0.2) is 61.2 Å². The number of rotatable bonds is 6. The van der Waals surface area contributed by atoms with Crippen molar-refractivity contribution in [2.75, 3.05) is 31.6 Å². The molecule has 1 aliphatic heterocycles. The van der Waals surface area contributed by atoms with Gasteiger partial charge in [-0.15, -0.1) is 0 Å². The van der Waals surface area contributed by atoms with Crippen molar-refractivity contribution in [2.45, 2.75) is 6.54 Å². The molecule has 0 saturated carbocycles. The Morgan fingerprint density at radius 2 is 2.10 bits per heavy atom. The highest BCUT2D eigenvalue weighted by atomic mass is 16.5. The Labute approximate surface area is 176 Å². The molecule has 3 heterocycles. The van der Waals surface area contributed by atoms with Crippen LogP contribution in [-0.4, -0.2) is 51.9 Å². The summed E-state index contributed by atoms with van der Waals surface area (Å²) in [5.74, 6) is -0.181. The standard InChI is InChI=1S/C23H25N5O2/c1-27-17-20(15-25-27)22-7-8-24-14-19(22)5-6-23(29)26-21-4-2-3-18(13-21)16-28-9-11-30-12-10-28/h2-8,13-15,17H,9-12,16H2,1H3,(H,26,29). The van der Waals surface area contributed by atoms with Crippen LogP contribution in [0.5, 0.6) is 0 Å². The summed E-state index contributed by atoms with van der Waals surface area (Å²) in [6.45, 7) is 4.27. The Hall–Kier alpha value is -3.29. The number of benzene rings is 1. The van der Waals surface area contributed by atoms with Crippen LogP contribution in [0.4, 0.5) is 5.69 Å². The van der Waals surface area contributed by atoms with Crippen LogP contribution in [0.25, 0.3) is 17.2 Å². The van der Waals surface area contributed by atoms with Gasteiger partial charge in [-0.2, -0.15) is 5.10 Å². The van der Waals surface area contributed by atoms with Gasteiger partial charge in [0.2, 0.25) is 5.91 Å². The largest absolute Gasteiger partial charge is 0.379 e. The number of nitrogens with one attached hydrogen (secondary N) is 1. The van der Waals surface area contributed by atoms with Crippen molar-refractivity contribution in [3.63, 3.8) is 0 Å². The molecule has 1 N–H and O–H groups in total. The van der Waals surface area contributed by atoms with E-state index in [9.17, 15) is 4.79 Å². The van der Waals surface area contributed by atoms with Gasteiger partial charge in [-0.05, 0) is 35.4 Å². The zero-order chi connectivity index (χ0) is 20.8. The molecule has 4 rings (SSSR count). The highest BCUT2D eigenvalue weighted by molar-refractivity contribution is 6.02. The number of morpholine rings is 1. The van der Waals surface area contributed by atoms with Crippen molar-refractivity contribution in [3.8, 4) is 11.1 Å². The lowest BCUT2D eigenvalue weighted by Crippen LogP contribution is -2.35. The second-order valence-corrected chi connectivity index (χ2v) is 7.28. The van der Waals surface area contributed by atoms with Crippen LogP contribution in [0.3, 0.4) is 0 Å². The summed E-state index contributed by atoms with van der Waals surface area (Å²) in [6, 6.07) is 9.89. The lowest BCUT2D eigenvalue weighted by Gasteiger charge is -2.26. The molecule has 0 spiro atoms. The Balaban J connectivity index is 1.42. The lowest BCUT2D eigenvalue weighted by molar-refractivity contribution is -0.111. The highest BCUT2D eigenvalue weighted by Crippen LogP contribution is 2.23. The number of nitrogens with zero attached hydrogens (tertiary/aromatic N) is 4. The zero-order valence-electron chi connectivity index (χ0n) is 17.0. The molecule has 0 atom stereocenters. The average Bonchev–Trinajstić information content (AvgIpc) is 3.19. The summed E-state index contributed by atoms with van der Waals surface area (Å²) in [6.07, 6.45) is 10.5. The van der Waals surface area contributed by atoms with Crippen LogP contribution in [0.2, 0.25) is 0 Å². The van der Waals surface area contributed by atoms with E-state index in [0.717, 1.165) is 55.2 Å². The molecule has 0 radical (unpaired) electrons. The molecule has 0 aliphatic carbocycles. The minimum atomic E-state index is -0.181. The quantitative estimate of drug-likeness (QED) is 0.641. The molecule has 1 saturated heterocycles. The summed E-state index contributed by atoms with van der Waals surface area (Å²) >= 11 is 0. The molecule has 30 heavy (non-hydrogen) atoms. The number of hydrogen-bond donors (Lipinski definition) is 1. The van der Waals surface area contributed by atoms with E-state index in [1.54, 1.807) is 29.3 Å². The van der Waals surface area contributed by atoms with Crippen LogP contribution in [0.1, 0.15) is 11.1 Å². The molecule has 0 bridgehead atoms. The fraction of sp³-hybridized carbons (Fsp3) is 0.261. The van der Waals surface area contributed by atoms with Gasteiger partial charge in [0.1, 0.15) is 0 Å². The van der Waals surface area contributed by atoms with E-state index < -0.39 is 0 Å². The summed E-state index contributed by atoms with van der Waals surface area (Å²) < 4.78 is 7.15. The van der Waals surface area contributed by atoms with Gasteiger partial charge < -0.3 is 10.1 Å². The minimum absolute atomic E-state index is 0.181. The summed E-state index contributed by atoms with van der Waals surface area (Å²) in [4.78, 5) is 19.0. The maximum atomic E-state index is 12.5. The number of hydrogen-bond acceptors (Lipinski definition) is 5. The Kier molecular flexibility index (Phi) is 6.32. The summed E-state index contributed by atoms with van der Waals surface area (Å²) in [5.41, 5.74) is 4.78. The SMILES string of the molecule is Cn1cc(-c2ccncc2C=CC(=O)Nc2cccc(CN3CCOCC3)c2)cn1. The highest BCUT2D eigenvalue weighted by Gasteiger charge is 2.11. The van der Waals surface area contributed by atoms with Gasteiger partial charge >= 0.3 is 0 Å². The smallest absolute Gasteiger partial charge is 0.248 e. The van der Waals surface area contributed by atoms with Crippen LogP contribution < -0.4 is 5.32 Å². The first-order valence-electron chi connectivity index (χ1n) is 9.98. The van der Waals surface area contributed by atoms with Gasteiger partial charge in [-0.1, -0.05) is 12.1 Å². The van der Waals surface area contributed by atoms with Crippen molar-refractivity contribution < 1.29 is 9.53 Å². The first kappa shape index (κ1) is 20.0. The molecule has 2 aromatic heterocycles. The number of ether oxygens (including phenoxy) is 1. The van der Waals surface area contributed by atoms with E-state index in [0.29, 0.717) is 0 Å². The van der Waals surface area contributed by atoms with Gasteiger partial charge in [-0.25, -0.2) is 0 Å². The maximum absolute atomic E-state index is 12.5. The van der Waals surface area contributed by atoms with E-state index in [-0.39, 0.29) is 5.91 Å². The number of amides is 1. The molecule has 1 aromatic carbocycles. The van der Waals surface area contributed by atoms with Crippen molar-refractivity contribution >= 4 is 17.7 Å². The van der Waals surface area contributed by atoms with Crippen LogP contribution in [0, 0.1) is 0 Å². The molecular formula is C23H25N5O2. The van der Waals surface area contributed by atoms with Crippen molar-refractivity contribution in [2.24, 2.45) is 7.05 Å². The molecule has 0 unspecified atom stereocenters. The van der Waals surface area contributed by atoms with E-state index in [1.165, 1.54) is 11.6 Å². The topological polar surface area (TPSA) is 72.3 Å². The molecule has 3 aromatic rings. The molecular weight excluding hydrogens is 378 g/mol. The van der Waals surface area contributed by atoms with Crippen molar-refractivity contribution in [1.29, 1.82) is 0 Å². The van der Waals surface area contributed by atoms with E-state index >= 15 is 0 Å². The third-order valence-corrected chi connectivity index (χ3v) is 4.99. The van der Waals surface area contributed by atoms with Gasteiger partial charge in [0, 0.05) is 68.2 Å². The number of carbonyl (C=O) groups excluding carboxylic acids is 1.